The first-order valence-corrected chi connectivity index (χ1v) is 12.3. The van der Waals surface area contributed by atoms with Gasteiger partial charge in [0.1, 0.15) is 5.76 Å². The molecule has 6 nitrogen and oxygen atoms in total. The third kappa shape index (κ3) is 5.33. The summed E-state index contributed by atoms with van der Waals surface area (Å²) in [6.45, 7) is 9.54. The number of likely N-dealkylation sites (tertiary alicyclic amines) is 1. The first-order valence-electron chi connectivity index (χ1n) is 12.3. The highest BCUT2D eigenvalue weighted by molar-refractivity contribution is 6.46. The van der Waals surface area contributed by atoms with Crippen LogP contribution in [0, 0.1) is 20.8 Å². The maximum Gasteiger partial charge on any atom is 0.338 e. The molecule has 0 radical (unpaired) electrons. The number of aryl methyl sites for hydroxylation is 3. The average Bonchev–Trinajstić information content (AvgIpc) is 3.10. The zero-order chi connectivity index (χ0) is 26.9. The second-order valence-electron chi connectivity index (χ2n) is 9.79. The van der Waals surface area contributed by atoms with Crippen LogP contribution in [0.2, 0.25) is 0 Å². The molecule has 1 saturated heterocycles. The molecule has 1 aliphatic rings. The van der Waals surface area contributed by atoms with Gasteiger partial charge in [0, 0.05) is 12.1 Å². The largest absolute Gasteiger partial charge is 0.507 e. The van der Waals surface area contributed by atoms with E-state index in [1.165, 1.54) is 4.90 Å². The summed E-state index contributed by atoms with van der Waals surface area (Å²) in [5.74, 6) is -2.02. The molecule has 0 saturated carbocycles. The minimum Gasteiger partial charge on any atom is -0.507 e. The highest BCUT2D eigenvalue weighted by Gasteiger charge is 2.46. The van der Waals surface area contributed by atoms with Crippen molar-refractivity contribution in [2.24, 2.45) is 0 Å². The number of nitrogens with zero attached hydrogens (tertiary/aromatic N) is 1. The highest BCUT2D eigenvalue weighted by atomic mass is 16.5. The summed E-state index contributed by atoms with van der Waals surface area (Å²) in [6.07, 6.45) is -0.231. The van der Waals surface area contributed by atoms with E-state index in [1.54, 1.807) is 44.2 Å². The highest BCUT2D eigenvalue weighted by Crippen LogP contribution is 2.40. The summed E-state index contributed by atoms with van der Waals surface area (Å²) in [6, 6.07) is 19.1. The first kappa shape index (κ1) is 25.9. The molecule has 0 aromatic heterocycles. The van der Waals surface area contributed by atoms with Crippen LogP contribution < -0.4 is 0 Å². The Bertz CT molecular complexity index is 1400. The summed E-state index contributed by atoms with van der Waals surface area (Å²) in [4.78, 5) is 40.3. The molecule has 1 aliphatic heterocycles. The fraction of sp³-hybridized carbons (Fsp3) is 0.258. The van der Waals surface area contributed by atoms with Crippen LogP contribution in [0.1, 0.15) is 63.6 Å². The second kappa shape index (κ2) is 10.4. The third-order valence-corrected chi connectivity index (χ3v) is 6.56. The van der Waals surface area contributed by atoms with Crippen LogP contribution in [0.25, 0.3) is 5.76 Å². The number of benzene rings is 3. The number of ether oxygens (including phenoxy) is 1. The van der Waals surface area contributed by atoms with Gasteiger partial charge < -0.3 is 14.7 Å². The molecule has 1 atom stereocenters. The van der Waals surface area contributed by atoms with E-state index in [0.29, 0.717) is 11.1 Å². The van der Waals surface area contributed by atoms with Gasteiger partial charge in [0.25, 0.3) is 11.7 Å². The SMILES string of the molecule is Cc1cccc(C2/C(=C(/O)c3ccc(C)c(C)c3)C(=O)C(=O)N2Cc2ccc(C(=O)OC(C)C)cc2)c1. The van der Waals surface area contributed by atoms with E-state index >= 15 is 0 Å². The monoisotopic (exact) mass is 497 g/mol. The van der Waals surface area contributed by atoms with Gasteiger partial charge >= 0.3 is 5.97 Å². The van der Waals surface area contributed by atoms with Crippen LogP contribution in [0.4, 0.5) is 0 Å². The van der Waals surface area contributed by atoms with Crippen LogP contribution in [0.3, 0.4) is 0 Å². The van der Waals surface area contributed by atoms with Gasteiger partial charge in [-0.2, -0.15) is 0 Å². The maximum atomic E-state index is 13.3. The van der Waals surface area contributed by atoms with Crippen molar-refractivity contribution < 1.29 is 24.2 Å². The number of hydrogen-bond acceptors (Lipinski definition) is 5. The van der Waals surface area contributed by atoms with Crippen LogP contribution in [0.5, 0.6) is 0 Å². The van der Waals surface area contributed by atoms with Crippen molar-refractivity contribution >= 4 is 23.4 Å². The van der Waals surface area contributed by atoms with Gasteiger partial charge in [-0.15, -0.1) is 0 Å². The number of hydrogen-bond donors (Lipinski definition) is 1. The number of amides is 1. The lowest BCUT2D eigenvalue weighted by Gasteiger charge is -2.26. The summed E-state index contributed by atoms with van der Waals surface area (Å²) in [7, 11) is 0. The van der Waals surface area contributed by atoms with Crippen LogP contribution in [-0.2, 0) is 20.9 Å². The predicted molar refractivity (Wildman–Crippen MR) is 142 cm³/mol. The van der Waals surface area contributed by atoms with Crippen molar-refractivity contribution in [3.05, 3.63) is 111 Å². The Morgan fingerprint density at radius 1 is 0.919 bits per heavy atom. The van der Waals surface area contributed by atoms with Crippen molar-refractivity contribution in [2.45, 2.75) is 53.3 Å². The van der Waals surface area contributed by atoms with Crippen molar-refractivity contribution in [3.63, 3.8) is 0 Å². The zero-order valence-corrected chi connectivity index (χ0v) is 21.7. The Morgan fingerprint density at radius 3 is 2.22 bits per heavy atom. The van der Waals surface area contributed by atoms with Gasteiger partial charge in [0.15, 0.2) is 0 Å². The molecule has 1 heterocycles. The Balaban J connectivity index is 1.76. The number of ketones is 1. The Kier molecular flexibility index (Phi) is 7.30. The van der Waals surface area contributed by atoms with E-state index in [1.807, 2.05) is 57.2 Å². The van der Waals surface area contributed by atoms with E-state index in [2.05, 4.69) is 0 Å². The molecule has 4 rings (SSSR count). The standard InChI is InChI=1S/C31H31NO5/c1-18(2)37-31(36)23-13-10-22(11-14-23)17-32-27(24-8-6-7-19(3)15-24)26(29(34)30(32)35)28(33)25-12-9-20(4)21(5)16-25/h6-16,18,27,33H,17H2,1-5H3/b28-26-. The number of Topliss-reactive ketones (excluding diaryl/α,β-unsaturated/α-hetero) is 1. The molecule has 1 amide bonds. The lowest BCUT2D eigenvalue weighted by molar-refractivity contribution is -0.140. The van der Waals surface area contributed by atoms with E-state index in [4.69, 9.17) is 4.74 Å². The lowest BCUT2D eigenvalue weighted by atomic mass is 9.93. The van der Waals surface area contributed by atoms with E-state index in [-0.39, 0.29) is 24.0 Å². The molecule has 0 aliphatic carbocycles. The molecule has 1 N–H and O–H groups in total. The second-order valence-corrected chi connectivity index (χ2v) is 9.79. The third-order valence-electron chi connectivity index (χ3n) is 6.56. The quantitative estimate of drug-likeness (QED) is 0.201. The fourth-order valence-electron chi connectivity index (χ4n) is 4.50. The fourth-order valence-corrected chi connectivity index (χ4v) is 4.50. The van der Waals surface area contributed by atoms with Crippen LogP contribution in [0.15, 0.2) is 72.3 Å². The normalized spacial score (nSPS) is 16.9. The molecule has 190 valence electrons. The number of carbonyl (C=O) groups excluding carboxylic acids is 3. The molecule has 6 heteroatoms. The van der Waals surface area contributed by atoms with Crippen molar-refractivity contribution in [2.75, 3.05) is 0 Å². The number of esters is 1. The zero-order valence-electron chi connectivity index (χ0n) is 21.7. The smallest absolute Gasteiger partial charge is 0.338 e. The number of rotatable bonds is 6. The first-order chi connectivity index (χ1) is 17.6. The molecule has 1 unspecified atom stereocenters. The summed E-state index contributed by atoms with van der Waals surface area (Å²) in [5.41, 5.74) is 5.46. The van der Waals surface area contributed by atoms with Crippen LogP contribution >= 0.6 is 0 Å². The predicted octanol–water partition coefficient (Wildman–Crippen LogP) is 5.80. The molecular weight excluding hydrogens is 466 g/mol. The number of aliphatic hydroxyl groups is 1. The summed E-state index contributed by atoms with van der Waals surface area (Å²) < 4.78 is 5.24. The lowest BCUT2D eigenvalue weighted by Crippen LogP contribution is -2.29. The summed E-state index contributed by atoms with van der Waals surface area (Å²) in [5, 5.41) is 11.3. The van der Waals surface area contributed by atoms with Gasteiger partial charge in [-0.25, -0.2) is 4.79 Å². The Hall–Kier alpha value is -4.19. The molecular formula is C31H31NO5. The van der Waals surface area contributed by atoms with Crippen molar-refractivity contribution in [1.29, 1.82) is 0 Å². The Labute approximate surface area is 217 Å². The number of aliphatic hydroxyl groups excluding tert-OH is 1. The van der Waals surface area contributed by atoms with Gasteiger partial charge in [0.2, 0.25) is 0 Å². The minimum atomic E-state index is -0.757. The van der Waals surface area contributed by atoms with Crippen molar-refractivity contribution in [3.8, 4) is 0 Å². The number of carbonyl (C=O) groups is 3. The van der Waals surface area contributed by atoms with Gasteiger partial charge in [0.05, 0.1) is 23.3 Å². The topological polar surface area (TPSA) is 83.9 Å². The van der Waals surface area contributed by atoms with E-state index in [9.17, 15) is 19.5 Å². The average molecular weight is 498 g/mol. The van der Waals surface area contributed by atoms with Gasteiger partial charge in [-0.3, -0.25) is 9.59 Å². The molecule has 37 heavy (non-hydrogen) atoms. The van der Waals surface area contributed by atoms with E-state index < -0.39 is 23.7 Å². The van der Waals surface area contributed by atoms with Gasteiger partial charge in [-0.05, 0) is 75.1 Å². The Morgan fingerprint density at radius 2 is 1.59 bits per heavy atom. The minimum absolute atomic E-state index is 0.0657. The maximum absolute atomic E-state index is 13.3. The summed E-state index contributed by atoms with van der Waals surface area (Å²) >= 11 is 0. The molecule has 1 fully saturated rings. The molecule has 0 spiro atoms. The van der Waals surface area contributed by atoms with Gasteiger partial charge in [-0.1, -0.05) is 54.1 Å². The van der Waals surface area contributed by atoms with Crippen molar-refractivity contribution in [1.82, 2.24) is 4.90 Å². The molecule has 0 bridgehead atoms. The van der Waals surface area contributed by atoms with E-state index in [0.717, 1.165) is 27.8 Å². The van der Waals surface area contributed by atoms with Crippen LogP contribution in [-0.4, -0.2) is 33.8 Å². The molecule has 3 aromatic rings. The molecule has 3 aromatic carbocycles.